The van der Waals surface area contributed by atoms with Crippen molar-refractivity contribution >= 4 is 15.9 Å². The number of halogens is 1. The maximum Gasteiger partial charge on any atom is 0.0152 e. The Morgan fingerprint density at radius 1 is 1.29 bits per heavy atom. The van der Waals surface area contributed by atoms with Crippen LogP contribution in [0.1, 0.15) is 39.5 Å². The van der Waals surface area contributed by atoms with E-state index in [1.54, 1.807) is 0 Å². The predicted octanol–water partition coefficient (Wildman–Crippen LogP) is 3.53. The average molecular weight is 262 g/mol. The molecule has 1 aliphatic carbocycles. The molecule has 84 valence electrons. The van der Waals surface area contributed by atoms with Crippen molar-refractivity contribution < 1.29 is 0 Å². The third-order valence-electron chi connectivity index (χ3n) is 3.47. The molecular formula is C12H24BrN. The molecule has 0 aliphatic heterocycles. The summed E-state index contributed by atoms with van der Waals surface area (Å²) < 4.78 is 0. The van der Waals surface area contributed by atoms with E-state index < -0.39 is 0 Å². The van der Waals surface area contributed by atoms with Gasteiger partial charge in [-0.05, 0) is 31.7 Å². The first kappa shape index (κ1) is 12.5. The van der Waals surface area contributed by atoms with E-state index in [0.717, 1.165) is 16.7 Å². The van der Waals surface area contributed by atoms with Gasteiger partial charge < -0.3 is 4.90 Å². The molecule has 0 spiro atoms. The van der Waals surface area contributed by atoms with E-state index in [1.165, 1.54) is 38.8 Å². The zero-order valence-corrected chi connectivity index (χ0v) is 11.4. The van der Waals surface area contributed by atoms with Crippen molar-refractivity contribution in [1.29, 1.82) is 0 Å². The maximum atomic E-state index is 3.65. The smallest absolute Gasteiger partial charge is 0.0152 e. The van der Waals surface area contributed by atoms with E-state index in [1.807, 2.05) is 0 Å². The van der Waals surface area contributed by atoms with Crippen molar-refractivity contribution in [1.82, 2.24) is 4.90 Å². The highest BCUT2D eigenvalue weighted by Crippen LogP contribution is 2.33. The van der Waals surface area contributed by atoms with Gasteiger partial charge in [0.2, 0.25) is 0 Å². The summed E-state index contributed by atoms with van der Waals surface area (Å²) in [7, 11) is 2.28. The monoisotopic (exact) mass is 261 g/mol. The van der Waals surface area contributed by atoms with Crippen LogP contribution < -0.4 is 0 Å². The van der Waals surface area contributed by atoms with Gasteiger partial charge in [-0.2, -0.15) is 0 Å². The van der Waals surface area contributed by atoms with Crippen molar-refractivity contribution in [3.63, 3.8) is 0 Å². The van der Waals surface area contributed by atoms with E-state index in [-0.39, 0.29) is 0 Å². The minimum absolute atomic E-state index is 0.814. The van der Waals surface area contributed by atoms with E-state index in [9.17, 15) is 0 Å². The van der Waals surface area contributed by atoms with Crippen molar-refractivity contribution in [2.45, 2.75) is 44.4 Å². The van der Waals surface area contributed by atoms with Crippen LogP contribution in [0.4, 0.5) is 0 Å². The second-order valence-corrected chi connectivity index (χ2v) is 6.13. The maximum absolute atomic E-state index is 3.65. The first-order chi connectivity index (χ1) is 6.65. The van der Waals surface area contributed by atoms with Crippen LogP contribution in [0.25, 0.3) is 0 Å². The van der Waals surface area contributed by atoms with E-state index in [0.29, 0.717) is 0 Å². The predicted molar refractivity (Wildman–Crippen MR) is 67.0 cm³/mol. The van der Waals surface area contributed by atoms with Crippen LogP contribution in [-0.2, 0) is 0 Å². The molecule has 1 rings (SSSR count). The SMILES string of the molecule is CCC(CC)CN(C)CC1CC(Br)C1. The van der Waals surface area contributed by atoms with Gasteiger partial charge in [-0.3, -0.25) is 0 Å². The fourth-order valence-corrected chi connectivity index (χ4v) is 3.36. The molecule has 0 radical (unpaired) electrons. The molecule has 0 atom stereocenters. The summed E-state index contributed by atoms with van der Waals surface area (Å²) in [4.78, 5) is 3.34. The van der Waals surface area contributed by atoms with E-state index in [2.05, 4.69) is 41.7 Å². The molecule has 14 heavy (non-hydrogen) atoms. The number of hydrogen-bond donors (Lipinski definition) is 0. The molecule has 0 bridgehead atoms. The quantitative estimate of drug-likeness (QED) is 0.662. The van der Waals surface area contributed by atoms with Gasteiger partial charge in [0.05, 0.1) is 0 Å². The summed E-state index contributed by atoms with van der Waals surface area (Å²) in [5.74, 6) is 1.86. The largest absolute Gasteiger partial charge is 0.306 e. The Morgan fingerprint density at radius 2 is 1.86 bits per heavy atom. The number of hydrogen-bond acceptors (Lipinski definition) is 1. The summed E-state index contributed by atoms with van der Waals surface area (Å²) in [6.45, 7) is 7.20. The molecule has 0 aromatic carbocycles. The summed E-state index contributed by atoms with van der Waals surface area (Å²) in [5.41, 5.74) is 0. The van der Waals surface area contributed by atoms with Crippen LogP contribution in [0.5, 0.6) is 0 Å². The van der Waals surface area contributed by atoms with Crippen LogP contribution in [-0.4, -0.2) is 29.9 Å². The van der Waals surface area contributed by atoms with Gasteiger partial charge in [0, 0.05) is 17.9 Å². The lowest BCUT2D eigenvalue weighted by Gasteiger charge is -2.35. The third kappa shape index (κ3) is 3.90. The molecule has 1 fully saturated rings. The topological polar surface area (TPSA) is 3.24 Å². The van der Waals surface area contributed by atoms with Crippen molar-refractivity contribution in [2.75, 3.05) is 20.1 Å². The van der Waals surface area contributed by atoms with Gasteiger partial charge in [0.25, 0.3) is 0 Å². The Balaban J connectivity index is 2.11. The summed E-state index contributed by atoms with van der Waals surface area (Å²) >= 11 is 3.65. The lowest BCUT2D eigenvalue weighted by Crippen LogP contribution is -2.36. The van der Waals surface area contributed by atoms with Gasteiger partial charge >= 0.3 is 0 Å². The van der Waals surface area contributed by atoms with E-state index >= 15 is 0 Å². The Hall–Kier alpha value is 0.440. The Kier molecular flexibility index (Phi) is 5.47. The molecule has 0 aromatic heterocycles. The molecule has 0 amide bonds. The highest BCUT2D eigenvalue weighted by molar-refractivity contribution is 9.09. The molecule has 0 saturated heterocycles. The Morgan fingerprint density at radius 3 is 2.29 bits per heavy atom. The van der Waals surface area contributed by atoms with Crippen LogP contribution in [0, 0.1) is 11.8 Å². The van der Waals surface area contributed by atoms with Crippen molar-refractivity contribution in [3.8, 4) is 0 Å². The fraction of sp³-hybridized carbons (Fsp3) is 1.00. The molecule has 0 heterocycles. The molecule has 0 aromatic rings. The van der Waals surface area contributed by atoms with Crippen molar-refractivity contribution in [2.24, 2.45) is 11.8 Å². The minimum atomic E-state index is 0.814. The van der Waals surface area contributed by atoms with Crippen LogP contribution in [0.15, 0.2) is 0 Å². The standard InChI is InChI=1S/C12H24BrN/c1-4-10(5-2)8-14(3)9-11-6-12(13)7-11/h10-12H,4-9H2,1-3H3. The van der Waals surface area contributed by atoms with E-state index in [4.69, 9.17) is 0 Å². The zero-order chi connectivity index (χ0) is 10.6. The zero-order valence-electron chi connectivity index (χ0n) is 9.80. The van der Waals surface area contributed by atoms with Gasteiger partial charge in [-0.25, -0.2) is 0 Å². The summed E-state index contributed by atoms with van der Waals surface area (Å²) in [5, 5.41) is 0. The van der Waals surface area contributed by atoms with Crippen LogP contribution in [0.3, 0.4) is 0 Å². The molecule has 0 N–H and O–H groups in total. The molecule has 2 heteroatoms. The summed E-state index contributed by atoms with van der Waals surface area (Å²) in [6.07, 6.45) is 5.42. The lowest BCUT2D eigenvalue weighted by atomic mass is 9.85. The second kappa shape index (κ2) is 6.12. The van der Waals surface area contributed by atoms with Gasteiger partial charge in [0.15, 0.2) is 0 Å². The molecule has 0 unspecified atom stereocenters. The number of nitrogens with zero attached hydrogens (tertiary/aromatic N) is 1. The number of rotatable bonds is 6. The minimum Gasteiger partial charge on any atom is -0.306 e. The molecular weight excluding hydrogens is 238 g/mol. The highest BCUT2D eigenvalue weighted by Gasteiger charge is 2.27. The lowest BCUT2D eigenvalue weighted by molar-refractivity contribution is 0.188. The van der Waals surface area contributed by atoms with Crippen molar-refractivity contribution in [3.05, 3.63) is 0 Å². The van der Waals surface area contributed by atoms with Crippen LogP contribution >= 0.6 is 15.9 Å². The molecule has 1 nitrogen and oxygen atoms in total. The first-order valence-corrected chi connectivity index (χ1v) is 6.89. The first-order valence-electron chi connectivity index (χ1n) is 5.98. The summed E-state index contributed by atoms with van der Waals surface area (Å²) in [6, 6.07) is 0. The van der Waals surface area contributed by atoms with Gasteiger partial charge in [0.1, 0.15) is 0 Å². The highest BCUT2D eigenvalue weighted by atomic mass is 79.9. The normalized spacial score (nSPS) is 27.0. The van der Waals surface area contributed by atoms with Gasteiger partial charge in [-0.15, -0.1) is 0 Å². The molecule has 1 aliphatic rings. The number of alkyl halides is 1. The van der Waals surface area contributed by atoms with Crippen LogP contribution in [0.2, 0.25) is 0 Å². The third-order valence-corrected chi connectivity index (χ3v) is 4.22. The Labute approximate surface area is 97.4 Å². The average Bonchev–Trinajstić information content (AvgIpc) is 2.11. The second-order valence-electron chi connectivity index (χ2n) is 4.84. The Bertz CT molecular complexity index is 150. The fourth-order valence-electron chi connectivity index (χ4n) is 2.31. The molecule has 1 saturated carbocycles. The van der Waals surface area contributed by atoms with Gasteiger partial charge in [-0.1, -0.05) is 42.6 Å².